The molecule has 4 atom stereocenters. The van der Waals surface area contributed by atoms with Gasteiger partial charge in [-0.25, -0.2) is 4.98 Å². The molecule has 17 heteroatoms. The van der Waals surface area contributed by atoms with Crippen LogP contribution in [-0.2, 0) is 31.8 Å². The standard InChI is InChI=1S/C40H43F3N8O5S/c1-6-24-16-29(51-38(57)50(37(55)39(51,4)5)28-11-10-25(19-44)31(18-28)40(41,42)43)20-45-36(24)56-30-14-22(2)49(23(3)15-30)21-34(53)47-27-9-7-8-26(17-27)46-32-12-13-33(52)48-35(32)54/h7-11,16-18,20,22-23,30,32,46H,6,12-15,21H2,1-5H3,(H,47,53)(H,48,52,54)/t22-,23+,30?,32?. The molecule has 0 radical (unpaired) electrons. The number of carbonyl (C=O) groups is 4. The molecule has 4 amide bonds. The van der Waals surface area contributed by atoms with E-state index in [-0.39, 0.29) is 59.7 Å². The summed E-state index contributed by atoms with van der Waals surface area (Å²) >= 11 is 5.71. The van der Waals surface area contributed by atoms with Crippen molar-refractivity contribution in [2.75, 3.05) is 27.0 Å². The van der Waals surface area contributed by atoms with E-state index in [4.69, 9.17) is 17.0 Å². The highest BCUT2D eigenvalue weighted by atomic mass is 32.1. The van der Waals surface area contributed by atoms with Gasteiger partial charge in [0.15, 0.2) is 5.11 Å². The molecular formula is C40H43F3N8O5S. The molecule has 4 heterocycles. The molecule has 2 unspecified atom stereocenters. The number of rotatable bonds is 10. The number of likely N-dealkylation sites (tertiary alicyclic amines) is 1. The molecule has 1 aromatic heterocycles. The number of halogens is 3. The minimum atomic E-state index is -4.81. The van der Waals surface area contributed by atoms with Crippen molar-refractivity contribution >= 4 is 63.7 Å². The average molecular weight is 805 g/mol. The van der Waals surface area contributed by atoms with E-state index in [1.807, 2.05) is 26.8 Å². The number of aryl methyl sites for hydroxylation is 1. The van der Waals surface area contributed by atoms with Crippen molar-refractivity contribution in [3.8, 4) is 11.9 Å². The number of aromatic nitrogens is 1. The van der Waals surface area contributed by atoms with E-state index in [2.05, 4.69) is 25.8 Å². The molecule has 3 aromatic rings. The summed E-state index contributed by atoms with van der Waals surface area (Å²) in [6.45, 7) is 9.40. The molecule has 2 aromatic carbocycles. The monoisotopic (exact) mass is 804 g/mol. The van der Waals surface area contributed by atoms with Crippen molar-refractivity contribution < 1.29 is 37.1 Å². The third kappa shape index (κ3) is 8.57. The predicted octanol–water partition coefficient (Wildman–Crippen LogP) is 5.93. The summed E-state index contributed by atoms with van der Waals surface area (Å²) in [6.07, 6.45) is -1.11. The summed E-state index contributed by atoms with van der Waals surface area (Å²) in [5.74, 6) is -1.00. The van der Waals surface area contributed by atoms with Gasteiger partial charge in [-0.1, -0.05) is 13.0 Å². The van der Waals surface area contributed by atoms with Crippen LogP contribution < -0.4 is 30.5 Å². The number of hydrogen-bond donors (Lipinski definition) is 3. The van der Waals surface area contributed by atoms with E-state index in [0.717, 1.165) is 22.6 Å². The number of anilines is 4. The molecule has 3 fully saturated rings. The smallest absolute Gasteiger partial charge is 0.417 e. The highest BCUT2D eigenvalue weighted by Crippen LogP contribution is 2.40. The lowest BCUT2D eigenvalue weighted by molar-refractivity contribution is -0.138. The van der Waals surface area contributed by atoms with E-state index < -0.39 is 34.8 Å². The first-order valence-electron chi connectivity index (χ1n) is 18.6. The minimum Gasteiger partial charge on any atom is -0.474 e. The van der Waals surface area contributed by atoms with Crippen LogP contribution in [0.1, 0.15) is 77.0 Å². The van der Waals surface area contributed by atoms with Crippen molar-refractivity contribution in [3.63, 3.8) is 0 Å². The Bertz CT molecular complexity index is 2150. The van der Waals surface area contributed by atoms with Crippen LogP contribution in [0.25, 0.3) is 0 Å². The Kier molecular flexibility index (Phi) is 11.6. The molecular weight excluding hydrogens is 762 g/mol. The second-order valence-corrected chi connectivity index (χ2v) is 15.4. The third-order valence-electron chi connectivity index (χ3n) is 10.6. The first kappa shape index (κ1) is 41.0. The lowest BCUT2D eigenvalue weighted by Crippen LogP contribution is -2.52. The molecule has 57 heavy (non-hydrogen) atoms. The number of amides is 4. The lowest BCUT2D eigenvalue weighted by Gasteiger charge is -2.42. The normalized spacial score (nSPS) is 22.6. The fraction of sp³-hybridized carbons (Fsp3) is 0.425. The van der Waals surface area contributed by atoms with E-state index in [1.54, 1.807) is 49.1 Å². The number of nitrogens with zero attached hydrogens (tertiary/aromatic N) is 5. The van der Waals surface area contributed by atoms with E-state index in [9.17, 15) is 37.6 Å². The van der Waals surface area contributed by atoms with Crippen molar-refractivity contribution in [1.29, 1.82) is 5.26 Å². The topological polar surface area (TPSA) is 160 Å². The second kappa shape index (κ2) is 16.1. The van der Waals surface area contributed by atoms with Gasteiger partial charge in [0.1, 0.15) is 17.7 Å². The number of pyridine rings is 1. The summed E-state index contributed by atoms with van der Waals surface area (Å²) in [5, 5.41) is 17.6. The molecule has 13 nitrogen and oxygen atoms in total. The number of nitrogens with one attached hydrogen (secondary N) is 3. The van der Waals surface area contributed by atoms with Gasteiger partial charge in [0.2, 0.25) is 23.6 Å². The Morgan fingerprint density at radius 2 is 1.77 bits per heavy atom. The Morgan fingerprint density at radius 1 is 1.07 bits per heavy atom. The van der Waals surface area contributed by atoms with Gasteiger partial charge in [-0.05, 0) is 108 Å². The number of hydrogen-bond acceptors (Lipinski definition) is 10. The predicted molar refractivity (Wildman–Crippen MR) is 211 cm³/mol. The first-order valence-corrected chi connectivity index (χ1v) is 19.0. The SMILES string of the molecule is CCc1cc(N2C(=S)N(c3ccc(C#N)c(C(F)(F)F)c3)C(=O)C2(C)C)cnc1OC1C[C@@H](C)N(CC(=O)Nc2cccc(NC3CCC(=O)NC3=O)c2)[C@@H](C)C1. The summed E-state index contributed by atoms with van der Waals surface area (Å²) < 4.78 is 47.9. The zero-order chi connectivity index (χ0) is 41.4. The fourth-order valence-electron chi connectivity index (χ4n) is 7.64. The summed E-state index contributed by atoms with van der Waals surface area (Å²) in [5.41, 5.74) is -0.684. The zero-order valence-electron chi connectivity index (χ0n) is 32.1. The number of alkyl halides is 3. The molecule has 6 rings (SSSR count). The van der Waals surface area contributed by atoms with Crippen LogP contribution in [0.3, 0.4) is 0 Å². The highest BCUT2D eigenvalue weighted by molar-refractivity contribution is 7.81. The summed E-state index contributed by atoms with van der Waals surface area (Å²) in [4.78, 5) is 60.0. The molecule has 3 saturated heterocycles. The molecule has 3 aliphatic rings. The number of piperidine rings is 2. The zero-order valence-corrected chi connectivity index (χ0v) is 32.9. The van der Waals surface area contributed by atoms with Crippen LogP contribution in [-0.4, -0.2) is 74.9 Å². The van der Waals surface area contributed by atoms with E-state index >= 15 is 0 Å². The van der Waals surface area contributed by atoms with E-state index in [1.165, 1.54) is 12.3 Å². The largest absolute Gasteiger partial charge is 0.474 e. The minimum absolute atomic E-state index is 0.0192. The van der Waals surface area contributed by atoms with Crippen LogP contribution in [0.15, 0.2) is 54.7 Å². The number of ether oxygens (including phenoxy) is 1. The molecule has 0 aliphatic carbocycles. The maximum atomic E-state index is 13.8. The van der Waals surface area contributed by atoms with Gasteiger partial charge in [-0.2, -0.15) is 18.4 Å². The van der Waals surface area contributed by atoms with Crippen molar-refractivity contribution in [2.45, 2.75) is 103 Å². The molecule has 0 bridgehead atoms. The Hall–Kier alpha value is -5.60. The average Bonchev–Trinajstić information content (AvgIpc) is 3.32. The summed E-state index contributed by atoms with van der Waals surface area (Å²) in [6, 6.07) is 12.9. The van der Waals surface area contributed by atoms with E-state index in [0.29, 0.717) is 48.6 Å². The number of carbonyl (C=O) groups excluding carboxylic acids is 4. The number of imide groups is 1. The number of benzene rings is 2. The van der Waals surface area contributed by atoms with Crippen molar-refractivity contribution in [3.05, 3.63) is 71.4 Å². The Balaban J connectivity index is 1.10. The van der Waals surface area contributed by atoms with Gasteiger partial charge in [0, 0.05) is 35.4 Å². The van der Waals surface area contributed by atoms with Crippen molar-refractivity contribution in [1.82, 2.24) is 15.2 Å². The van der Waals surface area contributed by atoms with Crippen LogP contribution in [0, 0.1) is 11.3 Å². The maximum absolute atomic E-state index is 13.8. The number of thiocarbonyl (C=S) groups is 1. The first-order chi connectivity index (χ1) is 26.9. The van der Waals surface area contributed by atoms with Crippen LogP contribution >= 0.6 is 12.2 Å². The third-order valence-corrected chi connectivity index (χ3v) is 10.9. The maximum Gasteiger partial charge on any atom is 0.417 e. The van der Waals surface area contributed by atoms with Crippen LogP contribution in [0.5, 0.6) is 5.88 Å². The Labute approximate surface area is 333 Å². The van der Waals surface area contributed by atoms with Gasteiger partial charge in [0.05, 0.1) is 41.3 Å². The quantitative estimate of drug-likeness (QED) is 0.165. The Morgan fingerprint density at radius 3 is 2.42 bits per heavy atom. The van der Waals surface area contributed by atoms with Gasteiger partial charge in [-0.3, -0.25) is 34.3 Å². The van der Waals surface area contributed by atoms with Gasteiger partial charge < -0.3 is 20.3 Å². The van der Waals surface area contributed by atoms with Gasteiger partial charge in [0.25, 0.3) is 5.91 Å². The summed E-state index contributed by atoms with van der Waals surface area (Å²) in [7, 11) is 0. The van der Waals surface area contributed by atoms with Crippen LogP contribution in [0.2, 0.25) is 0 Å². The lowest BCUT2D eigenvalue weighted by atomic mass is 9.94. The molecule has 0 spiro atoms. The number of nitriles is 1. The molecule has 3 N–H and O–H groups in total. The van der Waals surface area contributed by atoms with Gasteiger partial charge >= 0.3 is 6.18 Å². The highest BCUT2D eigenvalue weighted by Gasteiger charge is 2.51. The molecule has 300 valence electrons. The fourth-order valence-corrected chi connectivity index (χ4v) is 8.16. The molecule has 3 aliphatic heterocycles. The van der Waals surface area contributed by atoms with Crippen molar-refractivity contribution in [2.24, 2.45) is 0 Å². The second-order valence-electron chi connectivity index (χ2n) is 15.0. The van der Waals surface area contributed by atoms with Gasteiger partial charge in [-0.15, -0.1) is 0 Å². The van der Waals surface area contributed by atoms with Crippen LogP contribution in [0.4, 0.5) is 35.9 Å². The molecule has 0 saturated carbocycles.